The first-order chi connectivity index (χ1) is 14.3. The Morgan fingerprint density at radius 3 is 2.48 bits per heavy atom. The van der Waals surface area contributed by atoms with E-state index in [1.807, 2.05) is 0 Å². The Bertz CT molecular complexity index is 1140. The summed E-state index contributed by atoms with van der Waals surface area (Å²) < 4.78 is 0. The lowest BCUT2D eigenvalue weighted by atomic mass is 9.56. The van der Waals surface area contributed by atoms with E-state index in [1.165, 1.54) is 43.2 Å². The van der Waals surface area contributed by atoms with Crippen LogP contribution in [-0.2, 0) is 5.41 Å². The predicted molar refractivity (Wildman–Crippen MR) is 119 cm³/mol. The van der Waals surface area contributed by atoms with Crippen molar-refractivity contribution in [2.24, 2.45) is 17.8 Å². The molecule has 5 atom stereocenters. The molecule has 0 saturated heterocycles. The maximum atomic E-state index is 2.49. The smallest absolute Gasteiger partial charge is 0.0277 e. The fourth-order valence-corrected chi connectivity index (χ4v) is 8.31. The number of rotatable bonds is 1. The molecule has 4 aliphatic rings. The van der Waals surface area contributed by atoms with Gasteiger partial charge in [0.1, 0.15) is 0 Å². The molecule has 2 fully saturated rings. The second-order valence-electron chi connectivity index (χ2n) is 10.1. The van der Waals surface area contributed by atoms with Gasteiger partial charge in [0, 0.05) is 11.3 Å². The normalized spacial score (nSPS) is 33.1. The molecule has 0 amide bonds. The predicted octanol–water partition coefficient (Wildman–Crippen LogP) is 7.23. The molecule has 0 nitrogen and oxygen atoms in total. The highest BCUT2D eigenvalue weighted by atomic mass is 14.7. The molecule has 0 N–H and O–H groups in total. The van der Waals surface area contributed by atoms with E-state index in [0.29, 0.717) is 11.3 Å². The van der Waals surface area contributed by atoms with Crippen molar-refractivity contribution in [2.45, 2.75) is 50.4 Å². The molecule has 3 aromatic carbocycles. The van der Waals surface area contributed by atoms with Crippen molar-refractivity contribution in [1.82, 2.24) is 0 Å². The van der Waals surface area contributed by atoms with E-state index >= 15 is 0 Å². The minimum atomic E-state index is 0.295. The minimum Gasteiger partial charge on any atom is -0.0620 e. The Morgan fingerprint density at radius 2 is 1.55 bits per heavy atom. The maximum Gasteiger partial charge on any atom is 0.0277 e. The molecule has 1 spiro atoms. The monoisotopic (exact) mass is 376 g/mol. The van der Waals surface area contributed by atoms with Crippen LogP contribution < -0.4 is 0 Å². The summed E-state index contributed by atoms with van der Waals surface area (Å²) in [6, 6.07) is 25.8. The van der Waals surface area contributed by atoms with Crippen LogP contribution in [-0.4, -0.2) is 0 Å². The fraction of sp³-hybridized carbons (Fsp3) is 0.379. The van der Waals surface area contributed by atoms with Crippen molar-refractivity contribution in [1.29, 1.82) is 0 Å². The molecular formula is C29H28. The molecular weight excluding hydrogens is 348 g/mol. The standard InChI is InChI=1S/C29H28/c1-18-8-2-3-10-21(18)25-17-20-16-19-9-6-15-26(19)29(20)27-14-5-4-11-22(27)23-12-7-13-24(25)28(23)29/h2-5,7-8,10-14,19-20,25-26H,6,9,15-17H2,1H3/t19?,20-,25?,26?,29?/m1/s1. The quantitative estimate of drug-likeness (QED) is 0.420. The number of hydrogen-bond donors (Lipinski definition) is 0. The first-order valence-electron chi connectivity index (χ1n) is 11.6. The number of benzene rings is 3. The topological polar surface area (TPSA) is 0 Å². The van der Waals surface area contributed by atoms with Crippen LogP contribution in [0, 0.1) is 24.7 Å². The van der Waals surface area contributed by atoms with Crippen LogP contribution in [0.1, 0.15) is 65.8 Å². The van der Waals surface area contributed by atoms with E-state index in [1.54, 1.807) is 27.8 Å². The Morgan fingerprint density at radius 1 is 0.759 bits per heavy atom. The number of aryl methyl sites for hydroxylation is 1. The van der Waals surface area contributed by atoms with Crippen molar-refractivity contribution in [2.75, 3.05) is 0 Å². The van der Waals surface area contributed by atoms with Gasteiger partial charge < -0.3 is 0 Å². The summed E-state index contributed by atoms with van der Waals surface area (Å²) in [7, 11) is 0. The molecule has 0 aliphatic heterocycles. The second-order valence-corrected chi connectivity index (χ2v) is 10.1. The molecule has 7 rings (SSSR count). The van der Waals surface area contributed by atoms with E-state index in [4.69, 9.17) is 0 Å². The lowest BCUT2D eigenvalue weighted by molar-refractivity contribution is 0.255. The zero-order chi connectivity index (χ0) is 19.2. The van der Waals surface area contributed by atoms with Gasteiger partial charge in [0.2, 0.25) is 0 Å². The van der Waals surface area contributed by atoms with Gasteiger partial charge in [-0.3, -0.25) is 0 Å². The van der Waals surface area contributed by atoms with E-state index in [9.17, 15) is 0 Å². The summed E-state index contributed by atoms with van der Waals surface area (Å²) in [6.45, 7) is 2.30. The van der Waals surface area contributed by atoms with Crippen LogP contribution in [0.4, 0.5) is 0 Å². The van der Waals surface area contributed by atoms with E-state index in [0.717, 1.165) is 17.8 Å². The van der Waals surface area contributed by atoms with Crippen LogP contribution in [0.2, 0.25) is 0 Å². The van der Waals surface area contributed by atoms with Gasteiger partial charge in [0.15, 0.2) is 0 Å². The molecule has 144 valence electrons. The molecule has 3 aromatic rings. The second kappa shape index (κ2) is 5.63. The average molecular weight is 377 g/mol. The first-order valence-corrected chi connectivity index (χ1v) is 11.6. The van der Waals surface area contributed by atoms with Crippen LogP contribution in [0.15, 0.2) is 66.7 Å². The van der Waals surface area contributed by atoms with E-state index in [2.05, 4.69) is 73.7 Å². The van der Waals surface area contributed by atoms with E-state index in [-0.39, 0.29) is 0 Å². The SMILES string of the molecule is Cc1ccccc1C1C[C@H]2CC3CCCC3C23c2ccccc2-c2cccc1c23. The van der Waals surface area contributed by atoms with Gasteiger partial charge in [-0.2, -0.15) is 0 Å². The summed E-state index contributed by atoms with van der Waals surface area (Å²) in [4.78, 5) is 0. The van der Waals surface area contributed by atoms with Crippen molar-refractivity contribution < 1.29 is 0 Å². The largest absolute Gasteiger partial charge is 0.0620 e. The van der Waals surface area contributed by atoms with Crippen molar-refractivity contribution in [3.8, 4) is 11.1 Å². The lowest BCUT2D eigenvalue weighted by Gasteiger charge is -2.46. The summed E-state index contributed by atoms with van der Waals surface area (Å²) in [5.74, 6) is 3.13. The van der Waals surface area contributed by atoms with Gasteiger partial charge in [-0.1, -0.05) is 79.6 Å². The maximum absolute atomic E-state index is 2.49. The van der Waals surface area contributed by atoms with Gasteiger partial charge in [-0.15, -0.1) is 0 Å². The molecule has 0 heteroatoms. The molecule has 0 bridgehead atoms. The molecule has 4 unspecified atom stereocenters. The lowest BCUT2D eigenvalue weighted by Crippen LogP contribution is -2.41. The minimum absolute atomic E-state index is 0.295. The van der Waals surface area contributed by atoms with Crippen molar-refractivity contribution in [3.63, 3.8) is 0 Å². The van der Waals surface area contributed by atoms with Gasteiger partial charge in [-0.25, -0.2) is 0 Å². The highest BCUT2D eigenvalue weighted by molar-refractivity contribution is 5.84. The highest BCUT2D eigenvalue weighted by Gasteiger charge is 2.63. The zero-order valence-electron chi connectivity index (χ0n) is 17.2. The van der Waals surface area contributed by atoms with Gasteiger partial charge >= 0.3 is 0 Å². The molecule has 4 aliphatic carbocycles. The Labute approximate surface area is 174 Å². The third-order valence-corrected chi connectivity index (χ3v) is 9.11. The third-order valence-electron chi connectivity index (χ3n) is 9.11. The Kier molecular flexibility index (Phi) is 3.19. The Hall–Kier alpha value is -2.34. The summed E-state index contributed by atoms with van der Waals surface area (Å²) in [5, 5.41) is 0. The number of fused-ring (bicyclic) bond motifs is 3. The third kappa shape index (κ3) is 1.87. The summed E-state index contributed by atoms with van der Waals surface area (Å²) in [6.07, 6.45) is 7.08. The molecule has 0 heterocycles. The average Bonchev–Trinajstić information content (AvgIpc) is 3.41. The van der Waals surface area contributed by atoms with Gasteiger partial charge in [0.05, 0.1) is 0 Å². The van der Waals surface area contributed by atoms with Crippen LogP contribution in [0.3, 0.4) is 0 Å². The van der Waals surface area contributed by atoms with Crippen molar-refractivity contribution in [3.05, 3.63) is 94.5 Å². The first kappa shape index (κ1) is 16.5. The molecule has 29 heavy (non-hydrogen) atoms. The molecule has 0 radical (unpaired) electrons. The van der Waals surface area contributed by atoms with E-state index < -0.39 is 0 Å². The highest BCUT2D eigenvalue weighted by Crippen LogP contribution is 2.71. The van der Waals surface area contributed by atoms with Crippen LogP contribution in [0.25, 0.3) is 11.1 Å². The Balaban J connectivity index is 1.56. The summed E-state index contributed by atoms with van der Waals surface area (Å²) in [5.41, 5.74) is 11.4. The van der Waals surface area contributed by atoms with Crippen LogP contribution in [0.5, 0.6) is 0 Å². The van der Waals surface area contributed by atoms with Crippen LogP contribution >= 0.6 is 0 Å². The summed E-state index contributed by atoms with van der Waals surface area (Å²) >= 11 is 0. The van der Waals surface area contributed by atoms with Crippen molar-refractivity contribution >= 4 is 0 Å². The van der Waals surface area contributed by atoms with Gasteiger partial charge in [-0.05, 0) is 82.9 Å². The fourth-order valence-electron chi connectivity index (χ4n) is 8.31. The molecule has 2 saturated carbocycles. The zero-order valence-corrected chi connectivity index (χ0v) is 17.2. The number of hydrogen-bond acceptors (Lipinski definition) is 0. The van der Waals surface area contributed by atoms with Gasteiger partial charge in [0.25, 0.3) is 0 Å². The molecule has 0 aromatic heterocycles.